The molecule has 1 atom stereocenters. The molecule has 0 unspecified atom stereocenters. The fourth-order valence-electron chi connectivity index (χ4n) is 3.21. The number of aromatic amines is 1. The highest BCUT2D eigenvalue weighted by Gasteiger charge is 2.25. The third-order valence-electron chi connectivity index (χ3n) is 4.71. The zero-order chi connectivity index (χ0) is 21.5. The van der Waals surface area contributed by atoms with Crippen LogP contribution in [-0.4, -0.2) is 69.7 Å². The maximum Gasteiger partial charge on any atom is 0.276 e. The van der Waals surface area contributed by atoms with Crippen LogP contribution in [0.5, 0.6) is 0 Å². The van der Waals surface area contributed by atoms with E-state index in [1.54, 1.807) is 17.2 Å². The van der Waals surface area contributed by atoms with Gasteiger partial charge in [0.2, 0.25) is 0 Å². The number of piperidine rings is 1. The highest BCUT2D eigenvalue weighted by molar-refractivity contribution is 5.93. The van der Waals surface area contributed by atoms with Crippen molar-refractivity contribution in [3.8, 4) is 11.3 Å². The van der Waals surface area contributed by atoms with Gasteiger partial charge in [-0.2, -0.15) is 5.10 Å². The van der Waals surface area contributed by atoms with E-state index in [-0.39, 0.29) is 11.6 Å². The van der Waals surface area contributed by atoms with Gasteiger partial charge < -0.3 is 25.0 Å². The molecule has 1 amide bonds. The minimum atomic E-state index is -0.456. The van der Waals surface area contributed by atoms with Gasteiger partial charge in [-0.05, 0) is 44.9 Å². The summed E-state index contributed by atoms with van der Waals surface area (Å²) in [5.74, 6) is 0.331. The number of fused-ring (bicyclic) bond motifs is 1. The van der Waals surface area contributed by atoms with Crippen molar-refractivity contribution in [2.45, 2.75) is 38.9 Å². The van der Waals surface area contributed by atoms with E-state index in [1.807, 2.05) is 32.0 Å². The molecule has 30 heavy (non-hydrogen) atoms. The van der Waals surface area contributed by atoms with Crippen molar-refractivity contribution < 1.29 is 19.2 Å². The van der Waals surface area contributed by atoms with Crippen LogP contribution in [0.2, 0.25) is 0 Å². The van der Waals surface area contributed by atoms with Gasteiger partial charge in [-0.3, -0.25) is 9.89 Å². The van der Waals surface area contributed by atoms with Crippen molar-refractivity contribution in [1.82, 2.24) is 20.3 Å². The van der Waals surface area contributed by atoms with E-state index < -0.39 is 6.10 Å². The first-order valence-corrected chi connectivity index (χ1v) is 10.2. The molecular weight excluding hydrogens is 386 g/mol. The number of nitrogens with one attached hydrogen (secondary N) is 1. The molecule has 1 aliphatic rings. The topological polar surface area (TPSA) is 130 Å². The molecule has 1 fully saturated rings. The number of hydrogen-bond donors (Lipinski definition) is 3. The number of ether oxygens (including phenoxy) is 1. The van der Waals surface area contributed by atoms with Crippen LogP contribution in [0.1, 0.15) is 37.2 Å². The first kappa shape index (κ1) is 21.9. The Labute approximate surface area is 175 Å². The lowest BCUT2D eigenvalue weighted by atomic mass is 10.1. The van der Waals surface area contributed by atoms with E-state index in [9.17, 15) is 9.90 Å². The van der Waals surface area contributed by atoms with E-state index >= 15 is 0 Å². The molecule has 3 aromatic rings. The number of rotatable bonds is 5. The molecule has 2 aromatic heterocycles. The lowest BCUT2D eigenvalue weighted by molar-refractivity contribution is 0.0465. The molecule has 4 N–H and O–H groups in total. The molecule has 9 heteroatoms. The fraction of sp³-hybridized carbons (Fsp3) is 0.476. The van der Waals surface area contributed by atoms with Crippen molar-refractivity contribution in [2.24, 2.45) is 5.73 Å². The second kappa shape index (κ2) is 10.3. The summed E-state index contributed by atoms with van der Waals surface area (Å²) >= 11 is 0. The molecule has 1 saturated heterocycles. The summed E-state index contributed by atoms with van der Waals surface area (Å²) in [6, 6.07) is 7.37. The molecule has 0 spiro atoms. The number of carbonyl (C=O) groups excluding carboxylic acids is 1. The number of hydrogen-bond acceptors (Lipinski definition) is 7. The standard InChI is InChI=1S/C16H16N4O3.C5H13NO/c21-12-2-1-5-20(9-12)16(22)14-7-15(23-19-14)10-3-4-13-11(6-10)8-17-18-13;1-5(2)7-4-3-6/h3-4,6-8,12,21H,1-2,5,9H2,(H,17,18);5H,3-4,6H2,1-2H3/t12-;/m1./s1. The fourth-order valence-corrected chi connectivity index (χ4v) is 3.21. The first-order chi connectivity index (χ1) is 14.5. The summed E-state index contributed by atoms with van der Waals surface area (Å²) in [4.78, 5) is 14.1. The highest BCUT2D eigenvalue weighted by Crippen LogP contribution is 2.25. The van der Waals surface area contributed by atoms with Crippen LogP contribution in [0.25, 0.3) is 22.2 Å². The van der Waals surface area contributed by atoms with Gasteiger partial charge >= 0.3 is 0 Å². The maximum atomic E-state index is 12.4. The predicted octanol–water partition coefficient (Wildman–Crippen LogP) is 2.18. The van der Waals surface area contributed by atoms with E-state index in [0.29, 0.717) is 38.1 Å². The van der Waals surface area contributed by atoms with E-state index in [4.69, 9.17) is 15.0 Å². The van der Waals surface area contributed by atoms with E-state index in [1.165, 1.54) is 0 Å². The number of carbonyl (C=O) groups is 1. The maximum absolute atomic E-state index is 12.4. The van der Waals surface area contributed by atoms with Crippen LogP contribution in [0.4, 0.5) is 0 Å². The van der Waals surface area contributed by atoms with Gasteiger partial charge in [0.05, 0.1) is 30.5 Å². The number of nitrogens with two attached hydrogens (primary N) is 1. The Bertz CT molecular complexity index is 952. The number of benzene rings is 1. The SMILES string of the molecule is CC(C)OCCN.O=C(c1cc(-c2ccc3[nH]ncc3c2)on1)N1CCC[C@@H](O)C1. The Hall–Kier alpha value is -2.75. The molecule has 0 saturated carbocycles. The molecule has 1 aromatic carbocycles. The number of aromatic nitrogens is 3. The Morgan fingerprint density at radius 2 is 2.27 bits per heavy atom. The number of nitrogens with zero attached hydrogens (tertiary/aromatic N) is 3. The van der Waals surface area contributed by atoms with E-state index in [2.05, 4.69) is 15.4 Å². The summed E-state index contributed by atoms with van der Waals surface area (Å²) in [5.41, 5.74) is 7.19. The van der Waals surface area contributed by atoms with Gasteiger partial charge in [0.25, 0.3) is 5.91 Å². The van der Waals surface area contributed by atoms with Gasteiger partial charge in [0.1, 0.15) is 0 Å². The molecule has 3 heterocycles. The Morgan fingerprint density at radius 1 is 1.43 bits per heavy atom. The highest BCUT2D eigenvalue weighted by atomic mass is 16.5. The van der Waals surface area contributed by atoms with Crippen LogP contribution < -0.4 is 5.73 Å². The zero-order valence-corrected chi connectivity index (χ0v) is 17.4. The molecule has 4 rings (SSSR count). The van der Waals surface area contributed by atoms with Crippen molar-refractivity contribution >= 4 is 16.8 Å². The lowest BCUT2D eigenvalue weighted by Gasteiger charge is -2.29. The number of aliphatic hydroxyl groups excluding tert-OH is 1. The van der Waals surface area contributed by atoms with Crippen LogP contribution >= 0.6 is 0 Å². The van der Waals surface area contributed by atoms with Crippen LogP contribution in [0, 0.1) is 0 Å². The zero-order valence-electron chi connectivity index (χ0n) is 17.4. The van der Waals surface area contributed by atoms with Gasteiger partial charge in [-0.25, -0.2) is 0 Å². The monoisotopic (exact) mass is 415 g/mol. The number of H-pyrrole nitrogens is 1. The average Bonchev–Trinajstić information content (AvgIpc) is 3.41. The first-order valence-electron chi connectivity index (χ1n) is 10.2. The minimum absolute atomic E-state index is 0.205. The number of amides is 1. The molecule has 1 aliphatic heterocycles. The molecule has 0 radical (unpaired) electrons. The van der Waals surface area contributed by atoms with Gasteiger partial charge in [0, 0.05) is 36.7 Å². The van der Waals surface area contributed by atoms with Crippen LogP contribution in [0.3, 0.4) is 0 Å². The second-order valence-corrected chi connectivity index (χ2v) is 7.50. The molecule has 9 nitrogen and oxygen atoms in total. The predicted molar refractivity (Wildman–Crippen MR) is 113 cm³/mol. The number of likely N-dealkylation sites (tertiary alicyclic amines) is 1. The second-order valence-electron chi connectivity index (χ2n) is 7.50. The smallest absolute Gasteiger partial charge is 0.276 e. The van der Waals surface area contributed by atoms with Crippen molar-refractivity contribution in [2.75, 3.05) is 26.2 Å². The van der Waals surface area contributed by atoms with Crippen molar-refractivity contribution in [3.05, 3.63) is 36.2 Å². The quantitative estimate of drug-likeness (QED) is 0.582. The van der Waals surface area contributed by atoms with Crippen molar-refractivity contribution in [1.29, 1.82) is 0 Å². The Morgan fingerprint density at radius 3 is 2.97 bits per heavy atom. The Kier molecular flexibility index (Phi) is 7.56. The van der Waals surface area contributed by atoms with Gasteiger partial charge in [0.15, 0.2) is 11.5 Å². The summed E-state index contributed by atoms with van der Waals surface area (Å²) in [5, 5.41) is 21.4. The van der Waals surface area contributed by atoms with Crippen LogP contribution in [-0.2, 0) is 4.74 Å². The summed E-state index contributed by atoms with van der Waals surface area (Å²) in [6.07, 6.45) is 3.13. The van der Waals surface area contributed by atoms with Crippen molar-refractivity contribution in [3.63, 3.8) is 0 Å². The molecular formula is C21H29N5O4. The minimum Gasteiger partial charge on any atom is -0.391 e. The largest absolute Gasteiger partial charge is 0.391 e. The summed E-state index contributed by atoms with van der Waals surface area (Å²) in [7, 11) is 0. The Balaban J connectivity index is 0.000000318. The lowest BCUT2D eigenvalue weighted by Crippen LogP contribution is -2.42. The summed E-state index contributed by atoms with van der Waals surface area (Å²) < 4.78 is 10.4. The van der Waals surface area contributed by atoms with Gasteiger partial charge in [-0.15, -0.1) is 0 Å². The normalized spacial score (nSPS) is 16.6. The number of β-amino-alcohol motifs (C(OH)–C–C–N with tert-alkyl or cyclic N) is 1. The third kappa shape index (κ3) is 5.65. The van der Waals surface area contributed by atoms with Crippen LogP contribution in [0.15, 0.2) is 35.0 Å². The van der Waals surface area contributed by atoms with E-state index in [0.717, 1.165) is 29.3 Å². The average molecular weight is 415 g/mol. The molecule has 0 bridgehead atoms. The molecule has 0 aliphatic carbocycles. The number of aliphatic hydroxyl groups is 1. The molecule has 162 valence electrons. The van der Waals surface area contributed by atoms with Gasteiger partial charge in [-0.1, -0.05) is 5.16 Å². The summed E-state index contributed by atoms with van der Waals surface area (Å²) in [6.45, 7) is 6.28. The third-order valence-corrected chi connectivity index (χ3v) is 4.71.